The Labute approximate surface area is 116 Å². The summed E-state index contributed by atoms with van der Waals surface area (Å²) in [4.78, 5) is 15.9. The maximum atomic E-state index is 11.8. The number of nitrogens with zero attached hydrogens (tertiary/aromatic N) is 1. The third kappa shape index (κ3) is 6.94. The molecule has 3 heteroatoms. The Kier molecular flexibility index (Phi) is 7.87. The lowest BCUT2D eigenvalue weighted by Gasteiger charge is -2.02. The van der Waals surface area contributed by atoms with Crippen molar-refractivity contribution < 1.29 is 4.79 Å². The van der Waals surface area contributed by atoms with E-state index >= 15 is 0 Å². The predicted molar refractivity (Wildman–Crippen MR) is 80.2 cm³/mol. The lowest BCUT2D eigenvalue weighted by Crippen LogP contribution is -2.02. The molecule has 0 aliphatic heterocycles. The van der Waals surface area contributed by atoms with Gasteiger partial charge in [-0.1, -0.05) is 51.9 Å². The molecule has 1 aromatic rings. The van der Waals surface area contributed by atoms with E-state index in [4.69, 9.17) is 5.73 Å². The van der Waals surface area contributed by atoms with Crippen molar-refractivity contribution in [3.05, 3.63) is 24.0 Å². The van der Waals surface area contributed by atoms with Gasteiger partial charge in [0.2, 0.25) is 0 Å². The number of Topliss-reactive ketones (excluding diaryl/α,β-unsaturated/α-hetero) is 1. The molecule has 0 aliphatic rings. The number of hydrogen-bond acceptors (Lipinski definition) is 3. The minimum absolute atomic E-state index is 0.131. The first kappa shape index (κ1) is 15.7. The molecule has 0 saturated heterocycles. The molecule has 3 nitrogen and oxygen atoms in total. The van der Waals surface area contributed by atoms with Gasteiger partial charge in [-0.15, -0.1) is 0 Å². The summed E-state index contributed by atoms with van der Waals surface area (Å²) in [6.45, 7) is 2.23. The monoisotopic (exact) mass is 262 g/mol. The summed E-state index contributed by atoms with van der Waals surface area (Å²) in [6.07, 6.45) is 12.1. The first-order valence-electron chi connectivity index (χ1n) is 7.48. The number of nitrogen functional groups attached to an aromatic ring is 1. The van der Waals surface area contributed by atoms with Crippen LogP contribution in [0, 0.1) is 0 Å². The van der Waals surface area contributed by atoms with E-state index in [0.717, 1.165) is 12.8 Å². The Hall–Kier alpha value is -1.38. The fourth-order valence-corrected chi connectivity index (χ4v) is 2.12. The van der Waals surface area contributed by atoms with E-state index in [-0.39, 0.29) is 5.78 Å². The zero-order chi connectivity index (χ0) is 13.9. The van der Waals surface area contributed by atoms with Crippen LogP contribution in [-0.4, -0.2) is 10.8 Å². The summed E-state index contributed by atoms with van der Waals surface area (Å²) < 4.78 is 0. The number of nitrogens with two attached hydrogens (primary N) is 1. The van der Waals surface area contributed by atoms with Crippen LogP contribution >= 0.6 is 0 Å². The molecule has 0 amide bonds. The fraction of sp³-hybridized carbons (Fsp3) is 0.625. The first-order chi connectivity index (χ1) is 9.24. The number of carbonyl (C=O) groups is 1. The second kappa shape index (κ2) is 9.54. The quantitative estimate of drug-likeness (QED) is 0.503. The van der Waals surface area contributed by atoms with Crippen LogP contribution in [0.25, 0.3) is 0 Å². The highest BCUT2D eigenvalue weighted by atomic mass is 16.1. The van der Waals surface area contributed by atoms with Crippen molar-refractivity contribution in [3.8, 4) is 0 Å². The number of carbonyl (C=O) groups excluding carboxylic acids is 1. The molecule has 1 aromatic heterocycles. The lowest BCUT2D eigenvalue weighted by molar-refractivity contribution is 0.0974. The maximum Gasteiger partial charge on any atom is 0.181 e. The topological polar surface area (TPSA) is 56.0 Å². The highest BCUT2D eigenvalue weighted by Crippen LogP contribution is 2.11. The molecular weight excluding hydrogens is 236 g/mol. The molecule has 0 aromatic carbocycles. The van der Waals surface area contributed by atoms with Gasteiger partial charge in [0.15, 0.2) is 5.78 Å². The van der Waals surface area contributed by atoms with E-state index in [1.165, 1.54) is 38.5 Å². The van der Waals surface area contributed by atoms with Crippen LogP contribution in [0.15, 0.2) is 18.3 Å². The van der Waals surface area contributed by atoms with Crippen LogP contribution in [0.3, 0.4) is 0 Å². The van der Waals surface area contributed by atoms with Gasteiger partial charge >= 0.3 is 0 Å². The van der Waals surface area contributed by atoms with Crippen LogP contribution < -0.4 is 5.73 Å². The SMILES string of the molecule is CCCCCCCCCCC(=O)c1ccc(N)cn1. The minimum Gasteiger partial charge on any atom is -0.397 e. The second-order valence-corrected chi connectivity index (χ2v) is 5.12. The van der Waals surface area contributed by atoms with Crippen LogP contribution in [-0.2, 0) is 0 Å². The molecule has 106 valence electrons. The normalized spacial score (nSPS) is 10.6. The van der Waals surface area contributed by atoms with Crippen molar-refractivity contribution in [3.63, 3.8) is 0 Å². The average Bonchev–Trinajstić information content (AvgIpc) is 2.42. The molecule has 0 unspecified atom stereocenters. The third-order valence-corrected chi connectivity index (χ3v) is 3.33. The van der Waals surface area contributed by atoms with E-state index in [1.807, 2.05) is 0 Å². The summed E-state index contributed by atoms with van der Waals surface area (Å²) in [6, 6.07) is 3.44. The van der Waals surface area contributed by atoms with Gasteiger partial charge in [-0.3, -0.25) is 9.78 Å². The number of rotatable bonds is 10. The van der Waals surface area contributed by atoms with E-state index in [0.29, 0.717) is 17.8 Å². The van der Waals surface area contributed by atoms with Gasteiger partial charge in [0, 0.05) is 6.42 Å². The van der Waals surface area contributed by atoms with Crippen molar-refractivity contribution in [2.24, 2.45) is 0 Å². The van der Waals surface area contributed by atoms with Crippen LogP contribution in [0.1, 0.15) is 75.2 Å². The molecule has 0 fully saturated rings. The van der Waals surface area contributed by atoms with E-state index < -0.39 is 0 Å². The summed E-state index contributed by atoms with van der Waals surface area (Å²) in [5, 5.41) is 0. The summed E-state index contributed by atoms with van der Waals surface area (Å²) in [5.41, 5.74) is 6.68. The second-order valence-electron chi connectivity index (χ2n) is 5.12. The number of unbranched alkanes of at least 4 members (excludes halogenated alkanes) is 7. The molecular formula is C16H26N2O. The Morgan fingerprint density at radius 1 is 1.05 bits per heavy atom. The Morgan fingerprint density at radius 3 is 2.26 bits per heavy atom. The number of hydrogen-bond donors (Lipinski definition) is 1. The summed E-state index contributed by atoms with van der Waals surface area (Å²) in [7, 11) is 0. The zero-order valence-corrected chi connectivity index (χ0v) is 12.0. The van der Waals surface area contributed by atoms with Gasteiger partial charge in [0.1, 0.15) is 5.69 Å². The fourth-order valence-electron chi connectivity index (χ4n) is 2.12. The van der Waals surface area contributed by atoms with Crippen molar-refractivity contribution >= 4 is 11.5 Å². The van der Waals surface area contributed by atoms with E-state index in [9.17, 15) is 4.79 Å². The minimum atomic E-state index is 0.131. The average molecular weight is 262 g/mol. The summed E-state index contributed by atoms with van der Waals surface area (Å²) >= 11 is 0. The Bertz CT molecular complexity index is 360. The number of pyridine rings is 1. The maximum absolute atomic E-state index is 11.8. The van der Waals surface area contributed by atoms with E-state index in [1.54, 1.807) is 18.3 Å². The molecule has 2 N–H and O–H groups in total. The van der Waals surface area contributed by atoms with Crippen molar-refractivity contribution in [2.75, 3.05) is 5.73 Å². The molecule has 0 saturated carbocycles. The Morgan fingerprint density at radius 2 is 1.68 bits per heavy atom. The van der Waals surface area contributed by atoms with Gasteiger partial charge in [-0.2, -0.15) is 0 Å². The largest absolute Gasteiger partial charge is 0.397 e. The highest BCUT2D eigenvalue weighted by Gasteiger charge is 2.06. The molecule has 1 rings (SSSR count). The molecule has 0 radical (unpaired) electrons. The number of ketones is 1. The molecule has 0 bridgehead atoms. The van der Waals surface area contributed by atoms with Gasteiger partial charge in [-0.05, 0) is 18.6 Å². The van der Waals surface area contributed by atoms with Crippen LogP contribution in [0.4, 0.5) is 5.69 Å². The van der Waals surface area contributed by atoms with Gasteiger partial charge in [-0.25, -0.2) is 0 Å². The first-order valence-corrected chi connectivity index (χ1v) is 7.48. The van der Waals surface area contributed by atoms with Crippen molar-refractivity contribution in [1.82, 2.24) is 4.98 Å². The molecule has 1 heterocycles. The van der Waals surface area contributed by atoms with Gasteiger partial charge in [0.25, 0.3) is 0 Å². The highest BCUT2D eigenvalue weighted by molar-refractivity contribution is 5.94. The Balaban J connectivity index is 2.06. The smallest absolute Gasteiger partial charge is 0.181 e. The number of anilines is 1. The number of aromatic nitrogens is 1. The molecule has 19 heavy (non-hydrogen) atoms. The van der Waals surface area contributed by atoms with Crippen LogP contribution in [0.5, 0.6) is 0 Å². The third-order valence-electron chi connectivity index (χ3n) is 3.33. The van der Waals surface area contributed by atoms with Gasteiger partial charge < -0.3 is 5.73 Å². The molecule has 0 atom stereocenters. The summed E-state index contributed by atoms with van der Waals surface area (Å²) in [5.74, 6) is 0.131. The lowest BCUT2D eigenvalue weighted by atomic mass is 10.1. The van der Waals surface area contributed by atoms with Crippen molar-refractivity contribution in [2.45, 2.75) is 64.7 Å². The van der Waals surface area contributed by atoms with Gasteiger partial charge in [0.05, 0.1) is 11.9 Å². The van der Waals surface area contributed by atoms with Crippen LogP contribution in [0.2, 0.25) is 0 Å². The zero-order valence-electron chi connectivity index (χ0n) is 12.0. The van der Waals surface area contributed by atoms with E-state index in [2.05, 4.69) is 11.9 Å². The molecule has 0 spiro atoms. The van der Waals surface area contributed by atoms with Crippen molar-refractivity contribution in [1.29, 1.82) is 0 Å². The predicted octanol–water partition coefficient (Wildman–Crippen LogP) is 4.38. The molecule has 0 aliphatic carbocycles. The standard InChI is InChI=1S/C16H26N2O/c1-2-3-4-5-6-7-8-9-10-16(19)15-12-11-14(17)13-18-15/h11-13H,2-10,17H2,1H3.